The zero-order valence-electron chi connectivity index (χ0n) is 10.5. The molecular weight excluding hydrogens is 186 g/mol. The zero-order valence-corrected chi connectivity index (χ0v) is 10.5. The average molecular weight is 209 g/mol. The Kier molecular flexibility index (Phi) is 3.77. The highest BCUT2D eigenvalue weighted by atomic mass is 15.2. The molecule has 1 aromatic rings. The van der Waals surface area contributed by atoms with Gasteiger partial charge < -0.3 is 9.88 Å². The number of imidazole rings is 1. The second kappa shape index (κ2) is 4.69. The van der Waals surface area contributed by atoms with Gasteiger partial charge in [-0.3, -0.25) is 0 Å². The van der Waals surface area contributed by atoms with Crippen LogP contribution in [-0.4, -0.2) is 16.1 Å². The standard InChI is InChI=1S/C12H23N3/c1-10(2)8-14-11-13-6-7-15(11)9-12(3,4)5/h6-7,10H,8-9H2,1-5H3,(H,13,14). The van der Waals surface area contributed by atoms with Crippen molar-refractivity contribution < 1.29 is 0 Å². The summed E-state index contributed by atoms with van der Waals surface area (Å²) in [7, 11) is 0. The summed E-state index contributed by atoms with van der Waals surface area (Å²) in [6, 6.07) is 0. The third-order valence-electron chi connectivity index (χ3n) is 2.03. The molecule has 0 fully saturated rings. The second-order valence-corrected chi connectivity index (χ2v) is 5.71. The van der Waals surface area contributed by atoms with E-state index in [0.717, 1.165) is 19.0 Å². The SMILES string of the molecule is CC(C)CNc1nccn1CC(C)(C)C. The van der Waals surface area contributed by atoms with E-state index in [0.29, 0.717) is 5.92 Å². The van der Waals surface area contributed by atoms with E-state index in [9.17, 15) is 0 Å². The molecule has 0 saturated carbocycles. The first-order chi connectivity index (χ1) is 6.88. The molecular formula is C12H23N3. The molecule has 3 nitrogen and oxygen atoms in total. The number of anilines is 1. The second-order valence-electron chi connectivity index (χ2n) is 5.71. The Balaban J connectivity index is 2.61. The van der Waals surface area contributed by atoms with Crippen molar-refractivity contribution in [3.8, 4) is 0 Å². The molecule has 1 rings (SSSR count). The fourth-order valence-electron chi connectivity index (χ4n) is 1.41. The van der Waals surface area contributed by atoms with Crippen LogP contribution in [0.1, 0.15) is 34.6 Å². The Hall–Kier alpha value is -0.990. The number of hydrogen-bond acceptors (Lipinski definition) is 2. The van der Waals surface area contributed by atoms with Crippen molar-refractivity contribution in [1.29, 1.82) is 0 Å². The smallest absolute Gasteiger partial charge is 0.202 e. The van der Waals surface area contributed by atoms with Crippen LogP contribution < -0.4 is 5.32 Å². The third kappa shape index (κ3) is 4.36. The van der Waals surface area contributed by atoms with Gasteiger partial charge in [0, 0.05) is 25.5 Å². The summed E-state index contributed by atoms with van der Waals surface area (Å²) < 4.78 is 2.18. The van der Waals surface area contributed by atoms with E-state index in [4.69, 9.17) is 0 Å². The Bertz CT molecular complexity index is 294. The predicted octanol–water partition coefficient (Wildman–Crippen LogP) is 3.00. The molecule has 0 aliphatic rings. The number of rotatable bonds is 4. The summed E-state index contributed by atoms with van der Waals surface area (Å²) >= 11 is 0. The van der Waals surface area contributed by atoms with Crippen LogP contribution in [-0.2, 0) is 6.54 Å². The lowest BCUT2D eigenvalue weighted by atomic mass is 9.97. The summed E-state index contributed by atoms with van der Waals surface area (Å²) in [4.78, 5) is 4.32. The lowest BCUT2D eigenvalue weighted by Crippen LogP contribution is -2.18. The normalized spacial score (nSPS) is 12.1. The van der Waals surface area contributed by atoms with E-state index >= 15 is 0 Å². The first-order valence-corrected chi connectivity index (χ1v) is 5.63. The van der Waals surface area contributed by atoms with Gasteiger partial charge >= 0.3 is 0 Å². The van der Waals surface area contributed by atoms with E-state index < -0.39 is 0 Å². The largest absolute Gasteiger partial charge is 0.355 e. The van der Waals surface area contributed by atoms with E-state index in [1.807, 2.05) is 12.4 Å². The van der Waals surface area contributed by atoms with E-state index in [2.05, 4.69) is 49.5 Å². The van der Waals surface area contributed by atoms with E-state index in [1.54, 1.807) is 0 Å². The van der Waals surface area contributed by atoms with Crippen LogP contribution in [0, 0.1) is 11.3 Å². The number of nitrogens with one attached hydrogen (secondary N) is 1. The zero-order chi connectivity index (χ0) is 11.5. The minimum absolute atomic E-state index is 0.287. The number of nitrogens with zero attached hydrogens (tertiary/aromatic N) is 2. The lowest BCUT2D eigenvalue weighted by Gasteiger charge is -2.20. The molecule has 0 amide bonds. The molecule has 0 saturated heterocycles. The number of aromatic nitrogens is 2. The van der Waals surface area contributed by atoms with Crippen LogP contribution in [0.25, 0.3) is 0 Å². The minimum Gasteiger partial charge on any atom is -0.355 e. The van der Waals surface area contributed by atoms with Gasteiger partial charge in [0.2, 0.25) is 5.95 Å². The summed E-state index contributed by atoms with van der Waals surface area (Å²) in [5, 5.41) is 3.37. The van der Waals surface area contributed by atoms with Crippen LogP contribution in [0.2, 0.25) is 0 Å². The molecule has 0 radical (unpaired) electrons. The molecule has 0 aliphatic carbocycles. The topological polar surface area (TPSA) is 29.9 Å². The van der Waals surface area contributed by atoms with Gasteiger partial charge in [0.05, 0.1) is 0 Å². The van der Waals surface area contributed by atoms with Crippen molar-refractivity contribution >= 4 is 5.95 Å². The Morgan fingerprint density at radius 2 is 2.07 bits per heavy atom. The van der Waals surface area contributed by atoms with Crippen molar-refractivity contribution in [3.05, 3.63) is 12.4 Å². The van der Waals surface area contributed by atoms with Crippen molar-refractivity contribution in [2.45, 2.75) is 41.2 Å². The Morgan fingerprint density at radius 3 is 2.60 bits per heavy atom. The molecule has 1 heterocycles. The summed E-state index contributed by atoms with van der Waals surface area (Å²) in [5.74, 6) is 1.63. The summed E-state index contributed by atoms with van der Waals surface area (Å²) in [5.41, 5.74) is 0.287. The van der Waals surface area contributed by atoms with Crippen LogP contribution in [0.4, 0.5) is 5.95 Å². The van der Waals surface area contributed by atoms with Gasteiger partial charge in [-0.2, -0.15) is 0 Å². The molecule has 0 bridgehead atoms. The fraction of sp³-hybridized carbons (Fsp3) is 0.750. The van der Waals surface area contributed by atoms with Crippen LogP contribution in [0.5, 0.6) is 0 Å². The van der Waals surface area contributed by atoms with Gasteiger partial charge in [-0.25, -0.2) is 4.98 Å². The van der Waals surface area contributed by atoms with Crippen molar-refractivity contribution in [2.24, 2.45) is 11.3 Å². The molecule has 0 spiro atoms. The molecule has 3 heteroatoms. The Labute approximate surface area is 92.9 Å². The maximum atomic E-state index is 4.32. The van der Waals surface area contributed by atoms with Gasteiger partial charge in [-0.15, -0.1) is 0 Å². The first kappa shape index (κ1) is 12.1. The Morgan fingerprint density at radius 1 is 1.40 bits per heavy atom. The summed E-state index contributed by atoms with van der Waals surface area (Å²) in [6.07, 6.45) is 3.89. The van der Waals surface area contributed by atoms with E-state index in [1.165, 1.54) is 0 Å². The lowest BCUT2D eigenvalue weighted by molar-refractivity contribution is 0.345. The minimum atomic E-state index is 0.287. The van der Waals surface area contributed by atoms with Crippen molar-refractivity contribution in [2.75, 3.05) is 11.9 Å². The average Bonchev–Trinajstić information content (AvgIpc) is 2.45. The molecule has 1 N–H and O–H groups in total. The van der Waals surface area contributed by atoms with Crippen molar-refractivity contribution in [3.63, 3.8) is 0 Å². The monoisotopic (exact) mass is 209 g/mol. The maximum Gasteiger partial charge on any atom is 0.202 e. The van der Waals surface area contributed by atoms with Gasteiger partial charge in [-0.05, 0) is 11.3 Å². The molecule has 0 aromatic carbocycles. The van der Waals surface area contributed by atoms with Gasteiger partial charge in [0.25, 0.3) is 0 Å². The summed E-state index contributed by atoms with van der Waals surface area (Å²) in [6.45, 7) is 13.1. The molecule has 0 atom stereocenters. The van der Waals surface area contributed by atoms with Gasteiger partial charge in [0.15, 0.2) is 0 Å². The molecule has 1 aromatic heterocycles. The third-order valence-corrected chi connectivity index (χ3v) is 2.03. The molecule has 86 valence electrons. The van der Waals surface area contributed by atoms with E-state index in [-0.39, 0.29) is 5.41 Å². The van der Waals surface area contributed by atoms with Crippen LogP contribution >= 0.6 is 0 Å². The van der Waals surface area contributed by atoms with Gasteiger partial charge in [0.1, 0.15) is 0 Å². The quantitative estimate of drug-likeness (QED) is 0.826. The molecule has 0 aliphatic heterocycles. The fourth-order valence-corrected chi connectivity index (χ4v) is 1.41. The first-order valence-electron chi connectivity index (χ1n) is 5.63. The van der Waals surface area contributed by atoms with Gasteiger partial charge in [-0.1, -0.05) is 34.6 Å². The highest BCUT2D eigenvalue weighted by Gasteiger charge is 2.13. The molecule has 0 unspecified atom stereocenters. The number of hydrogen-bond donors (Lipinski definition) is 1. The van der Waals surface area contributed by atoms with Crippen molar-refractivity contribution in [1.82, 2.24) is 9.55 Å². The maximum absolute atomic E-state index is 4.32. The highest BCUT2D eigenvalue weighted by molar-refractivity contribution is 5.25. The molecule has 15 heavy (non-hydrogen) atoms. The van der Waals surface area contributed by atoms with Crippen LogP contribution in [0.3, 0.4) is 0 Å². The van der Waals surface area contributed by atoms with Crippen LogP contribution in [0.15, 0.2) is 12.4 Å². The highest BCUT2D eigenvalue weighted by Crippen LogP contribution is 2.18. The predicted molar refractivity (Wildman–Crippen MR) is 65.0 cm³/mol.